The fraction of sp³-hybridized carbons (Fsp3) is 0.0909. The summed E-state index contributed by atoms with van der Waals surface area (Å²) in [6, 6.07) is 8.58. The van der Waals surface area contributed by atoms with E-state index in [1.807, 2.05) is 12.1 Å². The zero-order valence-corrected chi connectivity index (χ0v) is 9.74. The molecule has 5 heteroatoms. The molecule has 0 saturated carbocycles. The standard InChI is InChI=1S/C11H8Cl2N2O/c12-9-3-1-8(2-4-9)6-15-7-14-10(13)5-11(15)16/h1-5,7H,6H2. The maximum Gasteiger partial charge on any atom is 0.255 e. The van der Waals surface area contributed by atoms with E-state index in [-0.39, 0.29) is 10.7 Å². The van der Waals surface area contributed by atoms with Crippen molar-refractivity contribution in [3.63, 3.8) is 0 Å². The van der Waals surface area contributed by atoms with Crippen molar-refractivity contribution >= 4 is 23.2 Å². The number of rotatable bonds is 2. The van der Waals surface area contributed by atoms with Crippen LogP contribution < -0.4 is 5.56 Å². The molecule has 0 spiro atoms. The van der Waals surface area contributed by atoms with Crippen molar-refractivity contribution in [1.82, 2.24) is 9.55 Å². The summed E-state index contributed by atoms with van der Waals surface area (Å²) in [5, 5.41) is 0.877. The summed E-state index contributed by atoms with van der Waals surface area (Å²) in [5.74, 6) is 0. The highest BCUT2D eigenvalue weighted by Gasteiger charge is 1.99. The average Bonchev–Trinajstić information content (AvgIpc) is 2.25. The van der Waals surface area contributed by atoms with E-state index in [1.54, 1.807) is 12.1 Å². The van der Waals surface area contributed by atoms with E-state index in [9.17, 15) is 4.79 Å². The highest BCUT2D eigenvalue weighted by molar-refractivity contribution is 6.30. The van der Waals surface area contributed by atoms with Crippen LogP contribution in [0, 0.1) is 0 Å². The lowest BCUT2D eigenvalue weighted by Gasteiger charge is -2.04. The average molecular weight is 255 g/mol. The van der Waals surface area contributed by atoms with Crippen LogP contribution in [0.3, 0.4) is 0 Å². The van der Waals surface area contributed by atoms with E-state index in [0.717, 1.165) is 5.56 Å². The Kier molecular flexibility index (Phi) is 3.27. The van der Waals surface area contributed by atoms with Crippen molar-refractivity contribution in [2.45, 2.75) is 6.54 Å². The third kappa shape index (κ3) is 2.62. The summed E-state index contributed by atoms with van der Waals surface area (Å²) in [4.78, 5) is 15.4. The second-order valence-corrected chi connectivity index (χ2v) is 4.13. The van der Waals surface area contributed by atoms with Gasteiger partial charge in [0.25, 0.3) is 5.56 Å². The Morgan fingerprint density at radius 1 is 1.19 bits per heavy atom. The van der Waals surface area contributed by atoms with Crippen molar-refractivity contribution in [3.05, 3.63) is 62.8 Å². The minimum absolute atomic E-state index is 0.171. The number of hydrogen-bond acceptors (Lipinski definition) is 2. The Balaban J connectivity index is 2.27. The largest absolute Gasteiger partial charge is 0.295 e. The van der Waals surface area contributed by atoms with Gasteiger partial charge in [-0.15, -0.1) is 0 Å². The van der Waals surface area contributed by atoms with Gasteiger partial charge < -0.3 is 0 Å². The van der Waals surface area contributed by atoms with Crippen molar-refractivity contribution in [2.75, 3.05) is 0 Å². The van der Waals surface area contributed by atoms with E-state index in [4.69, 9.17) is 23.2 Å². The van der Waals surface area contributed by atoms with Gasteiger partial charge in [-0.3, -0.25) is 9.36 Å². The third-order valence-corrected chi connectivity index (χ3v) is 2.57. The Bertz CT molecular complexity index is 549. The van der Waals surface area contributed by atoms with Crippen LogP contribution in [-0.4, -0.2) is 9.55 Å². The minimum atomic E-state index is -0.171. The first kappa shape index (κ1) is 11.2. The van der Waals surface area contributed by atoms with Gasteiger partial charge in [0.15, 0.2) is 0 Å². The number of hydrogen-bond donors (Lipinski definition) is 0. The molecule has 2 rings (SSSR count). The van der Waals surface area contributed by atoms with Gasteiger partial charge >= 0.3 is 0 Å². The van der Waals surface area contributed by atoms with Gasteiger partial charge in [0, 0.05) is 11.1 Å². The molecule has 1 aromatic carbocycles. The van der Waals surface area contributed by atoms with Gasteiger partial charge in [-0.2, -0.15) is 0 Å². The lowest BCUT2D eigenvalue weighted by molar-refractivity contribution is 0.736. The quantitative estimate of drug-likeness (QED) is 0.773. The summed E-state index contributed by atoms with van der Waals surface area (Å²) in [6.45, 7) is 0.459. The molecule has 2 aromatic rings. The molecule has 0 bridgehead atoms. The number of aromatic nitrogens is 2. The molecule has 0 fully saturated rings. The van der Waals surface area contributed by atoms with Crippen molar-refractivity contribution in [1.29, 1.82) is 0 Å². The molecule has 1 aromatic heterocycles. The Labute approximate surface area is 102 Å². The first-order chi connectivity index (χ1) is 7.65. The maximum atomic E-state index is 11.5. The lowest BCUT2D eigenvalue weighted by atomic mass is 10.2. The van der Waals surface area contributed by atoms with Gasteiger partial charge in [0.05, 0.1) is 12.9 Å². The minimum Gasteiger partial charge on any atom is -0.295 e. The van der Waals surface area contributed by atoms with Gasteiger partial charge in [0.2, 0.25) is 0 Å². The summed E-state index contributed by atoms with van der Waals surface area (Å²) < 4.78 is 1.48. The van der Waals surface area contributed by atoms with Gasteiger partial charge in [-0.05, 0) is 17.7 Å². The van der Waals surface area contributed by atoms with Crippen LogP contribution in [0.2, 0.25) is 10.2 Å². The van der Waals surface area contributed by atoms with Crippen LogP contribution in [0.4, 0.5) is 0 Å². The van der Waals surface area contributed by atoms with E-state index in [1.165, 1.54) is 17.0 Å². The summed E-state index contributed by atoms with van der Waals surface area (Å²) in [5.41, 5.74) is 0.811. The van der Waals surface area contributed by atoms with Crippen LogP contribution in [0.15, 0.2) is 41.5 Å². The Hall–Kier alpha value is -1.32. The molecule has 0 amide bonds. The highest BCUT2D eigenvalue weighted by Crippen LogP contribution is 2.10. The molecular formula is C11H8Cl2N2O. The SMILES string of the molecule is O=c1cc(Cl)ncn1Cc1ccc(Cl)cc1. The van der Waals surface area contributed by atoms with Crippen LogP contribution in [-0.2, 0) is 6.54 Å². The van der Waals surface area contributed by atoms with E-state index >= 15 is 0 Å². The maximum absolute atomic E-state index is 11.5. The molecule has 1 heterocycles. The zero-order valence-electron chi connectivity index (χ0n) is 8.23. The first-order valence-corrected chi connectivity index (χ1v) is 5.37. The smallest absolute Gasteiger partial charge is 0.255 e. The molecule has 0 radical (unpaired) electrons. The van der Waals surface area contributed by atoms with Crippen molar-refractivity contribution < 1.29 is 0 Å². The number of nitrogens with zero attached hydrogens (tertiary/aromatic N) is 2. The van der Waals surface area contributed by atoms with Gasteiger partial charge in [-0.25, -0.2) is 4.98 Å². The highest BCUT2D eigenvalue weighted by atomic mass is 35.5. The molecule has 0 aliphatic heterocycles. The third-order valence-electron chi connectivity index (χ3n) is 2.11. The molecule has 0 aliphatic rings. The van der Waals surface area contributed by atoms with Crippen molar-refractivity contribution in [2.24, 2.45) is 0 Å². The van der Waals surface area contributed by atoms with E-state index in [0.29, 0.717) is 11.6 Å². The monoisotopic (exact) mass is 254 g/mol. The number of benzene rings is 1. The predicted molar refractivity (Wildman–Crippen MR) is 64.1 cm³/mol. The lowest BCUT2D eigenvalue weighted by Crippen LogP contribution is -2.19. The summed E-state index contributed by atoms with van der Waals surface area (Å²) >= 11 is 11.4. The molecule has 0 unspecified atom stereocenters. The topological polar surface area (TPSA) is 34.9 Å². The van der Waals surface area contributed by atoms with Crippen LogP contribution in [0.5, 0.6) is 0 Å². The fourth-order valence-electron chi connectivity index (χ4n) is 1.31. The fourth-order valence-corrected chi connectivity index (χ4v) is 1.57. The first-order valence-electron chi connectivity index (χ1n) is 4.61. The summed E-state index contributed by atoms with van der Waals surface area (Å²) in [7, 11) is 0. The molecule has 0 aliphatic carbocycles. The van der Waals surface area contributed by atoms with E-state index in [2.05, 4.69) is 4.98 Å². The normalized spacial score (nSPS) is 10.4. The molecule has 16 heavy (non-hydrogen) atoms. The Morgan fingerprint density at radius 3 is 2.50 bits per heavy atom. The molecule has 0 saturated heterocycles. The molecule has 3 nitrogen and oxygen atoms in total. The van der Waals surface area contributed by atoms with Crippen LogP contribution in [0.25, 0.3) is 0 Å². The van der Waals surface area contributed by atoms with E-state index < -0.39 is 0 Å². The van der Waals surface area contributed by atoms with Gasteiger partial charge in [-0.1, -0.05) is 35.3 Å². The van der Waals surface area contributed by atoms with Crippen LogP contribution in [0.1, 0.15) is 5.56 Å². The van der Waals surface area contributed by atoms with Gasteiger partial charge in [0.1, 0.15) is 5.15 Å². The predicted octanol–water partition coefficient (Wildman–Crippen LogP) is 2.60. The zero-order chi connectivity index (χ0) is 11.5. The number of halogens is 2. The second-order valence-electron chi connectivity index (χ2n) is 3.30. The van der Waals surface area contributed by atoms with Crippen LogP contribution >= 0.6 is 23.2 Å². The molecule has 82 valence electrons. The Morgan fingerprint density at radius 2 is 1.88 bits per heavy atom. The molecule has 0 N–H and O–H groups in total. The molecular weight excluding hydrogens is 247 g/mol. The van der Waals surface area contributed by atoms with Crippen molar-refractivity contribution in [3.8, 4) is 0 Å². The molecule has 0 atom stereocenters. The second kappa shape index (κ2) is 4.68. The summed E-state index contributed by atoms with van der Waals surface area (Å²) in [6.07, 6.45) is 1.43.